The molecule has 4 rings (SSSR count). The number of amides is 1. The molecule has 1 fully saturated rings. The highest BCUT2D eigenvalue weighted by Crippen LogP contribution is 2.44. The van der Waals surface area contributed by atoms with Crippen molar-refractivity contribution in [3.05, 3.63) is 80.8 Å². The summed E-state index contributed by atoms with van der Waals surface area (Å²) in [6.07, 6.45) is 0. The topological polar surface area (TPSA) is 106 Å². The predicted molar refractivity (Wildman–Crippen MR) is 132 cm³/mol. The van der Waals surface area contributed by atoms with Crippen molar-refractivity contribution < 1.29 is 29.0 Å². The van der Waals surface area contributed by atoms with Crippen LogP contribution >= 0.6 is 22.9 Å². The summed E-state index contributed by atoms with van der Waals surface area (Å²) in [6, 6.07) is 12.2. The van der Waals surface area contributed by atoms with Crippen LogP contribution in [-0.4, -0.2) is 41.5 Å². The van der Waals surface area contributed by atoms with Gasteiger partial charge in [0, 0.05) is 10.6 Å². The number of rotatable bonds is 6. The smallest absolute Gasteiger partial charge is 0.350 e. The molecule has 1 amide bonds. The molecule has 1 aliphatic heterocycles. The lowest BCUT2D eigenvalue weighted by molar-refractivity contribution is -0.132. The Morgan fingerprint density at radius 3 is 2.63 bits per heavy atom. The molecule has 3 aromatic rings. The van der Waals surface area contributed by atoms with Crippen LogP contribution in [0.4, 0.5) is 5.13 Å². The Bertz CT molecular complexity index is 1370. The Kier molecular flexibility index (Phi) is 6.90. The Balaban J connectivity index is 1.93. The van der Waals surface area contributed by atoms with E-state index in [1.165, 1.54) is 12.0 Å². The van der Waals surface area contributed by atoms with Crippen LogP contribution in [-0.2, 0) is 14.3 Å². The Morgan fingerprint density at radius 2 is 1.94 bits per heavy atom. The zero-order chi connectivity index (χ0) is 25.3. The number of esters is 1. The molecule has 0 spiro atoms. The average molecular weight is 513 g/mol. The van der Waals surface area contributed by atoms with Gasteiger partial charge in [-0.15, -0.1) is 0 Å². The highest BCUT2D eigenvalue weighted by molar-refractivity contribution is 7.17. The molecular formula is C25H21ClN2O6S. The number of aliphatic hydroxyl groups is 1. The molecular weight excluding hydrogens is 492 g/mol. The quantitative estimate of drug-likeness (QED) is 0.216. The number of ether oxygens (including phenoxy) is 2. The van der Waals surface area contributed by atoms with Gasteiger partial charge in [-0.2, -0.15) is 0 Å². The van der Waals surface area contributed by atoms with Gasteiger partial charge in [0.2, 0.25) is 0 Å². The van der Waals surface area contributed by atoms with E-state index in [9.17, 15) is 19.5 Å². The first-order valence-electron chi connectivity index (χ1n) is 10.6. The number of Topliss-reactive ketones (excluding diaryl/α,β-unsaturated/α-hetero) is 1. The van der Waals surface area contributed by atoms with Crippen molar-refractivity contribution in [1.29, 1.82) is 0 Å². The van der Waals surface area contributed by atoms with Crippen LogP contribution < -0.4 is 9.64 Å². The van der Waals surface area contributed by atoms with E-state index >= 15 is 0 Å². The van der Waals surface area contributed by atoms with Crippen LogP contribution in [0.25, 0.3) is 5.76 Å². The maximum absolute atomic E-state index is 13.3. The van der Waals surface area contributed by atoms with Crippen molar-refractivity contribution in [3.63, 3.8) is 0 Å². The molecule has 1 aromatic heterocycles. The number of hydrogen-bond donors (Lipinski definition) is 1. The van der Waals surface area contributed by atoms with Gasteiger partial charge in [0.25, 0.3) is 5.78 Å². The van der Waals surface area contributed by atoms with E-state index in [2.05, 4.69) is 4.98 Å². The monoisotopic (exact) mass is 512 g/mol. The number of carbonyl (C=O) groups excluding carboxylic acids is 3. The van der Waals surface area contributed by atoms with Crippen LogP contribution in [0.1, 0.15) is 39.5 Å². The molecule has 0 saturated carbocycles. The molecule has 1 atom stereocenters. The maximum atomic E-state index is 13.3. The molecule has 180 valence electrons. The van der Waals surface area contributed by atoms with Gasteiger partial charge in [0.1, 0.15) is 16.4 Å². The zero-order valence-corrected chi connectivity index (χ0v) is 20.6. The second-order valence-electron chi connectivity index (χ2n) is 7.59. The lowest BCUT2D eigenvalue weighted by Gasteiger charge is -2.23. The molecule has 0 aliphatic carbocycles. The second kappa shape index (κ2) is 9.89. The summed E-state index contributed by atoms with van der Waals surface area (Å²) >= 11 is 7.15. The van der Waals surface area contributed by atoms with Crippen LogP contribution in [0, 0.1) is 6.92 Å². The van der Waals surface area contributed by atoms with Gasteiger partial charge in [0.15, 0.2) is 5.13 Å². The maximum Gasteiger partial charge on any atom is 0.350 e. The summed E-state index contributed by atoms with van der Waals surface area (Å²) in [7, 11) is 1.25. The molecule has 10 heteroatoms. The minimum atomic E-state index is -1.03. The Labute approximate surface area is 210 Å². The molecule has 1 N–H and O–H groups in total. The molecule has 0 bridgehead atoms. The van der Waals surface area contributed by atoms with Crippen LogP contribution in [0.15, 0.2) is 54.1 Å². The van der Waals surface area contributed by atoms with Gasteiger partial charge in [-0.25, -0.2) is 9.78 Å². The van der Waals surface area contributed by atoms with Crippen LogP contribution in [0.2, 0.25) is 5.02 Å². The van der Waals surface area contributed by atoms with E-state index < -0.39 is 23.7 Å². The van der Waals surface area contributed by atoms with Crippen LogP contribution in [0.3, 0.4) is 0 Å². The Morgan fingerprint density at radius 1 is 1.20 bits per heavy atom. The van der Waals surface area contributed by atoms with Gasteiger partial charge in [-0.1, -0.05) is 47.2 Å². The number of methoxy groups -OCH3 is 1. The van der Waals surface area contributed by atoms with Crippen molar-refractivity contribution >= 4 is 51.5 Å². The predicted octanol–water partition coefficient (Wildman–Crippen LogP) is 4.92. The molecule has 8 nitrogen and oxygen atoms in total. The van der Waals surface area contributed by atoms with Crippen molar-refractivity contribution in [2.45, 2.75) is 19.9 Å². The summed E-state index contributed by atoms with van der Waals surface area (Å²) in [5.74, 6) is -2.23. The fourth-order valence-electron chi connectivity index (χ4n) is 3.84. The number of aromatic nitrogens is 1. The van der Waals surface area contributed by atoms with Crippen LogP contribution in [0.5, 0.6) is 5.75 Å². The fraction of sp³-hybridized carbons (Fsp3) is 0.200. The summed E-state index contributed by atoms with van der Waals surface area (Å²) in [4.78, 5) is 44.4. The zero-order valence-electron chi connectivity index (χ0n) is 19.1. The van der Waals surface area contributed by atoms with E-state index in [0.29, 0.717) is 34.2 Å². The van der Waals surface area contributed by atoms with Gasteiger partial charge in [-0.05, 0) is 43.7 Å². The third kappa shape index (κ3) is 4.52. The summed E-state index contributed by atoms with van der Waals surface area (Å²) in [5, 5.41) is 11.8. The second-order valence-corrected chi connectivity index (χ2v) is 9.00. The first kappa shape index (κ1) is 24.4. The first-order chi connectivity index (χ1) is 16.8. The number of carbonyl (C=O) groups is 3. The number of thiazole rings is 1. The lowest BCUT2D eigenvalue weighted by Crippen LogP contribution is -2.29. The van der Waals surface area contributed by atoms with E-state index in [1.807, 2.05) is 6.92 Å². The van der Waals surface area contributed by atoms with Crippen molar-refractivity contribution in [1.82, 2.24) is 4.98 Å². The number of ketones is 1. The minimum absolute atomic E-state index is 0.122. The van der Waals surface area contributed by atoms with Gasteiger partial charge < -0.3 is 14.6 Å². The van der Waals surface area contributed by atoms with E-state index in [4.69, 9.17) is 21.1 Å². The molecule has 2 aromatic carbocycles. The third-order valence-corrected chi connectivity index (χ3v) is 6.76. The largest absolute Gasteiger partial charge is 0.507 e. The highest BCUT2D eigenvalue weighted by atomic mass is 35.5. The SMILES string of the molecule is CCOc1cccc(C(O)=C2C(=O)C(=O)N(c3nc(C)c(C(=O)OC)s3)C2c2cccc(Cl)c2)c1. The summed E-state index contributed by atoms with van der Waals surface area (Å²) in [5.41, 5.74) is 1.03. The molecule has 2 heterocycles. The number of nitrogens with zero attached hydrogens (tertiary/aromatic N) is 2. The minimum Gasteiger partial charge on any atom is -0.507 e. The van der Waals surface area contributed by atoms with Gasteiger partial charge in [0.05, 0.1) is 31.0 Å². The number of anilines is 1. The summed E-state index contributed by atoms with van der Waals surface area (Å²) < 4.78 is 10.3. The van der Waals surface area contributed by atoms with E-state index in [0.717, 1.165) is 11.3 Å². The number of halogens is 1. The number of benzene rings is 2. The number of hydrogen-bond acceptors (Lipinski definition) is 8. The normalized spacial score (nSPS) is 17.0. The van der Waals surface area contributed by atoms with E-state index in [1.54, 1.807) is 55.5 Å². The molecule has 1 saturated heterocycles. The van der Waals surface area contributed by atoms with Crippen molar-refractivity contribution in [2.24, 2.45) is 0 Å². The van der Waals surface area contributed by atoms with Crippen molar-refractivity contribution in [2.75, 3.05) is 18.6 Å². The number of aryl methyl sites for hydroxylation is 1. The Hall–Kier alpha value is -3.69. The van der Waals surface area contributed by atoms with Crippen molar-refractivity contribution in [3.8, 4) is 5.75 Å². The number of aliphatic hydroxyl groups excluding tert-OH is 1. The summed E-state index contributed by atoms with van der Waals surface area (Å²) in [6.45, 7) is 3.86. The van der Waals surface area contributed by atoms with Gasteiger partial charge >= 0.3 is 11.9 Å². The molecule has 1 aliphatic rings. The first-order valence-corrected chi connectivity index (χ1v) is 11.8. The lowest BCUT2D eigenvalue weighted by atomic mass is 9.95. The third-order valence-electron chi connectivity index (χ3n) is 5.39. The molecule has 35 heavy (non-hydrogen) atoms. The molecule has 0 radical (unpaired) electrons. The highest BCUT2D eigenvalue weighted by Gasteiger charge is 2.48. The average Bonchev–Trinajstić information content (AvgIpc) is 3.35. The standard InChI is InChI=1S/C25H21ClN2O6S/c1-4-34-17-10-6-8-15(12-17)20(29)18-19(14-7-5-9-16(26)11-14)28(23(31)21(18)30)25-27-13(2)22(35-25)24(32)33-3/h5-12,19,29H,4H2,1-3H3. The fourth-order valence-corrected chi connectivity index (χ4v) is 5.06. The van der Waals surface area contributed by atoms with Gasteiger partial charge in [-0.3, -0.25) is 14.5 Å². The molecule has 1 unspecified atom stereocenters. The van der Waals surface area contributed by atoms with E-state index in [-0.39, 0.29) is 21.3 Å².